The molecule has 0 aliphatic heterocycles. The van der Waals surface area contributed by atoms with Crippen molar-refractivity contribution in [2.75, 3.05) is 6.54 Å². The third-order valence-corrected chi connectivity index (χ3v) is 3.44. The lowest BCUT2D eigenvalue weighted by atomic mass is 9.98. The van der Waals surface area contributed by atoms with Crippen LogP contribution in [0.2, 0.25) is 5.02 Å². The second-order valence-electron chi connectivity index (χ2n) is 4.61. The first-order valence-corrected chi connectivity index (χ1v) is 6.90. The lowest BCUT2D eigenvalue weighted by Crippen LogP contribution is -2.23. The van der Waals surface area contributed by atoms with E-state index in [1.807, 2.05) is 6.92 Å². The van der Waals surface area contributed by atoms with E-state index in [0.717, 1.165) is 17.7 Å². The maximum Gasteiger partial charge on any atom is 0.141 e. The fourth-order valence-electron chi connectivity index (χ4n) is 2.15. The minimum absolute atomic E-state index is 0.0436. The average Bonchev–Trinajstić information content (AvgIpc) is 2.43. The van der Waals surface area contributed by atoms with Crippen molar-refractivity contribution in [1.82, 2.24) is 5.32 Å². The van der Waals surface area contributed by atoms with Gasteiger partial charge < -0.3 is 5.32 Å². The molecule has 106 valence electrons. The molecule has 0 spiro atoms. The number of benzene rings is 2. The smallest absolute Gasteiger partial charge is 0.141 e. The van der Waals surface area contributed by atoms with Crippen molar-refractivity contribution >= 4 is 11.6 Å². The normalized spacial score (nSPS) is 12.4. The van der Waals surface area contributed by atoms with Crippen LogP contribution in [0.15, 0.2) is 42.5 Å². The minimum atomic E-state index is -0.419. The van der Waals surface area contributed by atoms with Gasteiger partial charge in [0.2, 0.25) is 0 Å². The molecule has 4 heteroatoms. The largest absolute Gasteiger partial charge is 0.310 e. The van der Waals surface area contributed by atoms with Crippen molar-refractivity contribution in [1.29, 1.82) is 0 Å². The van der Waals surface area contributed by atoms with Crippen LogP contribution >= 0.6 is 11.6 Å². The van der Waals surface area contributed by atoms with Crippen molar-refractivity contribution < 1.29 is 8.78 Å². The van der Waals surface area contributed by atoms with Crippen molar-refractivity contribution in [3.63, 3.8) is 0 Å². The Bertz CT molecular complexity index is 569. The zero-order valence-electron chi connectivity index (χ0n) is 11.2. The Morgan fingerprint density at radius 1 is 1.10 bits per heavy atom. The SMILES string of the molecule is CCNC(Cc1ccc(F)c(Cl)c1)c1ccc(F)cc1. The summed E-state index contributed by atoms with van der Waals surface area (Å²) in [5.41, 5.74) is 1.93. The molecule has 0 radical (unpaired) electrons. The minimum Gasteiger partial charge on any atom is -0.310 e. The van der Waals surface area contributed by atoms with E-state index < -0.39 is 5.82 Å². The first-order valence-electron chi connectivity index (χ1n) is 6.53. The monoisotopic (exact) mass is 295 g/mol. The molecule has 0 amide bonds. The van der Waals surface area contributed by atoms with E-state index >= 15 is 0 Å². The summed E-state index contributed by atoms with van der Waals surface area (Å²) in [5, 5.41) is 3.46. The maximum absolute atomic E-state index is 13.2. The van der Waals surface area contributed by atoms with Crippen LogP contribution < -0.4 is 5.32 Å². The fourth-order valence-corrected chi connectivity index (χ4v) is 2.35. The molecule has 2 aromatic rings. The van der Waals surface area contributed by atoms with Crippen LogP contribution in [0, 0.1) is 11.6 Å². The molecule has 0 bridgehead atoms. The van der Waals surface area contributed by atoms with E-state index in [4.69, 9.17) is 11.6 Å². The van der Waals surface area contributed by atoms with Crippen LogP contribution in [0.1, 0.15) is 24.1 Å². The number of halogens is 3. The molecule has 0 aliphatic carbocycles. The van der Waals surface area contributed by atoms with E-state index in [-0.39, 0.29) is 16.9 Å². The molecule has 2 aromatic carbocycles. The highest BCUT2D eigenvalue weighted by molar-refractivity contribution is 6.30. The van der Waals surface area contributed by atoms with E-state index in [9.17, 15) is 8.78 Å². The second kappa shape index (κ2) is 6.82. The van der Waals surface area contributed by atoms with Gasteiger partial charge in [-0.15, -0.1) is 0 Å². The summed E-state index contributed by atoms with van der Waals surface area (Å²) in [6, 6.07) is 11.2. The van der Waals surface area contributed by atoms with Crippen molar-refractivity contribution in [3.8, 4) is 0 Å². The van der Waals surface area contributed by atoms with Crippen LogP contribution in [-0.2, 0) is 6.42 Å². The summed E-state index contributed by atoms with van der Waals surface area (Å²) < 4.78 is 26.1. The molecule has 0 heterocycles. The van der Waals surface area contributed by atoms with E-state index in [2.05, 4.69) is 5.32 Å². The number of likely N-dealkylation sites (N-methyl/N-ethyl adjacent to an activating group) is 1. The highest BCUT2D eigenvalue weighted by Crippen LogP contribution is 2.22. The lowest BCUT2D eigenvalue weighted by Gasteiger charge is -2.18. The van der Waals surface area contributed by atoms with Crippen LogP contribution in [0.25, 0.3) is 0 Å². The second-order valence-corrected chi connectivity index (χ2v) is 5.02. The van der Waals surface area contributed by atoms with E-state index in [1.54, 1.807) is 24.3 Å². The molecule has 0 aromatic heterocycles. The molecule has 1 nitrogen and oxygen atoms in total. The van der Waals surface area contributed by atoms with E-state index in [1.165, 1.54) is 18.2 Å². The number of hydrogen-bond donors (Lipinski definition) is 1. The summed E-state index contributed by atoms with van der Waals surface area (Å²) >= 11 is 5.80. The fraction of sp³-hybridized carbons (Fsp3) is 0.250. The summed E-state index contributed by atoms with van der Waals surface area (Å²) in [4.78, 5) is 0. The summed E-state index contributed by atoms with van der Waals surface area (Å²) in [6.45, 7) is 2.80. The molecule has 1 unspecified atom stereocenters. The summed E-state index contributed by atoms with van der Waals surface area (Å²) in [7, 11) is 0. The van der Waals surface area contributed by atoms with Crippen LogP contribution in [0.5, 0.6) is 0 Å². The molecule has 20 heavy (non-hydrogen) atoms. The third-order valence-electron chi connectivity index (χ3n) is 3.15. The van der Waals surface area contributed by atoms with Crippen molar-refractivity contribution in [2.45, 2.75) is 19.4 Å². The Morgan fingerprint density at radius 2 is 1.80 bits per heavy atom. The quantitative estimate of drug-likeness (QED) is 0.855. The van der Waals surface area contributed by atoms with Gasteiger partial charge in [0.25, 0.3) is 0 Å². The summed E-state index contributed by atoms with van der Waals surface area (Å²) in [6.07, 6.45) is 0.666. The maximum atomic E-state index is 13.2. The highest BCUT2D eigenvalue weighted by atomic mass is 35.5. The molecule has 0 aliphatic rings. The first kappa shape index (κ1) is 14.9. The first-order chi connectivity index (χ1) is 9.60. The zero-order chi connectivity index (χ0) is 14.5. The molecule has 0 saturated carbocycles. The van der Waals surface area contributed by atoms with Gasteiger partial charge in [0.15, 0.2) is 0 Å². The summed E-state index contributed by atoms with van der Waals surface area (Å²) in [5.74, 6) is -0.675. The standard InChI is InChI=1S/C16H16ClF2N/c1-2-20-16(12-4-6-13(18)7-5-12)10-11-3-8-15(19)14(17)9-11/h3-9,16,20H,2,10H2,1H3. The zero-order valence-corrected chi connectivity index (χ0v) is 11.9. The highest BCUT2D eigenvalue weighted by Gasteiger charge is 2.12. The molecular formula is C16H16ClF2N. The lowest BCUT2D eigenvalue weighted by molar-refractivity contribution is 0.546. The number of rotatable bonds is 5. The number of hydrogen-bond acceptors (Lipinski definition) is 1. The Labute approximate surface area is 122 Å². The van der Waals surface area contributed by atoms with Gasteiger partial charge in [-0.3, -0.25) is 0 Å². The molecule has 1 N–H and O–H groups in total. The van der Waals surface area contributed by atoms with E-state index in [0.29, 0.717) is 6.42 Å². The van der Waals surface area contributed by atoms with Gasteiger partial charge in [0.1, 0.15) is 11.6 Å². The molecule has 0 saturated heterocycles. The van der Waals surface area contributed by atoms with Gasteiger partial charge in [-0.1, -0.05) is 36.7 Å². The Kier molecular flexibility index (Phi) is 5.10. The molecule has 2 rings (SSSR count). The van der Waals surface area contributed by atoms with Crippen LogP contribution in [0.3, 0.4) is 0 Å². The number of nitrogens with one attached hydrogen (secondary N) is 1. The van der Waals surface area contributed by atoms with Gasteiger partial charge in [-0.25, -0.2) is 8.78 Å². The van der Waals surface area contributed by atoms with Gasteiger partial charge in [-0.2, -0.15) is 0 Å². The van der Waals surface area contributed by atoms with Crippen LogP contribution in [0.4, 0.5) is 8.78 Å². The molecule has 0 fully saturated rings. The van der Waals surface area contributed by atoms with Gasteiger partial charge >= 0.3 is 0 Å². The van der Waals surface area contributed by atoms with Gasteiger partial charge in [0.05, 0.1) is 5.02 Å². The third kappa shape index (κ3) is 3.78. The Balaban J connectivity index is 2.20. The van der Waals surface area contributed by atoms with Gasteiger partial charge in [0, 0.05) is 6.04 Å². The predicted molar refractivity (Wildman–Crippen MR) is 77.9 cm³/mol. The average molecular weight is 296 g/mol. The van der Waals surface area contributed by atoms with Crippen LogP contribution in [-0.4, -0.2) is 6.54 Å². The Hall–Kier alpha value is -1.45. The van der Waals surface area contributed by atoms with Gasteiger partial charge in [-0.05, 0) is 48.4 Å². The van der Waals surface area contributed by atoms with Crippen molar-refractivity contribution in [3.05, 3.63) is 70.2 Å². The Morgan fingerprint density at radius 3 is 2.40 bits per heavy atom. The van der Waals surface area contributed by atoms with Crippen molar-refractivity contribution in [2.24, 2.45) is 0 Å². The topological polar surface area (TPSA) is 12.0 Å². The molecular weight excluding hydrogens is 280 g/mol. The predicted octanol–water partition coefficient (Wildman–Crippen LogP) is 4.51. The molecule has 1 atom stereocenters.